The Morgan fingerprint density at radius 3 is 2.75 bits per heavy atom. The van der Waals surface area contributed by atoms with Gasteiger partial charge in [0.05, 0.1) is 0 Å². The van der Waals surface area contributed by atoms with E-state index in [4.69, 9.17) is 0 Å². The quantitative estimate of drug-likeness (QED) is 0.669. The number of rotatable bonds is 1. The molecule has 0 unspecified atom stereocenters. The molecule has 0 spiro atoms. The fraction of sp³-hybridized carbons (Fsp3) is 0. The van der Waals surface area contributed by atoms with Gasteiger partial charge in [-0.05, 0) is 0 Å². The Morgan fingerprint density at radius 1 is 1.25 bits per heavy atom. The number of nitrogens with one attached hydrogen (secondary N) is 1. The van der Waals surface area contributed by atoms with Gasteiger partial charge >= 0.3 is 77.5 Å². The molecule has 0 atom stereocenters. The SMILES string of the molecule is [As]c1ccccc1-c1nn[nH]n1. The molecule has 5 heteroatoms. The molecule has 1 aromatic heterocycles. The number of tetrazole rings is 1. The summed E-state index contributed by atoms with van der Waals surface area (Å²) in [6.07, 6.45) is 0. The molecule has 0 saturated carbocycles. The molecule has 58 valence electrons. The predicted octanol–water partition coefficient (Wildman–Crippen LogP) is -0.340. The molecule has 4 nitrogen and oxygen atoms in total. The number of hydrogen-bond donors (Lipinski definition) is 1. The van der Waals surface area contributed by atoms with Gasteiger partial charge in [0.25, 0.3) is 0 Å². The topological polar surface area (TPSA) is 54.5 Å². The third-order valence-corrected chi connectivity index (χ3v) is 2.31. The van der Waals surface area contributed by atoms with Crippen LogP contribution >= 0.6 is 0 Å². The fourth-order valence-corrected chi connectivity index (χ4v) is 1.49. The van der Waals surface area contributed by atoms with Crippen LogP contribution in [0, 0.1) is 0 Å². The maximum atomic E-state index is 3.89. The number of aromatic nitrogens is 4. The summed E-state index contributed by atoms with van der Waals surface area (Å²) in [5.74, 6) is 0.631. The Morgan fingerprint density at radius 2 is 2.08 bits per heavy atom. The van der Waals surface area contributed by atoms with Crippen LogP contribution < -0.4 is 4.35 Å². The second kappa shape index (κ2) is 3.07. The van der Waals surface area contributed by atoms with Crippen molar-refractivity contribution in [1.29, 1.82) is 0 Å². The Hall–Kier alpha value is -1.15. The van der Waals surface area contributed by atoms with Crippen LogP contribution in [0.3, 0.4) is 0 Å². The summed E-state index contributed by atoms with van der Waals surface area (Å²) in [4.78, 5) is 0. The van der Waals surface area contributed by atoms with Gasteiger partial charge < -0.3 is 0 Å². The van der Waals surface area contributed by atoms with Crippen molar-refractivity contribution in [3.63, 3.8) is 0 Å². The zero-order chi connectivity index (χ0) is 8.39. The number of aromatic amines is 1. The average Bonchev–Trinajstić information content (AvgIpc) is 2.57. The average molecular weight is 220 g/mol. The van der Waals surface area contributed by atoms with Crippen LogP contribution in [0.1, 0.15) is 0 Å². The zero-order valence-electron chi connectivity index (χ0n) is 6.10. The molecule has 0 amide bonds. The van der Waals surface area contributed by atoms with Gasteiger partial charge in [-0.25, -0.2) is 0 Å². The van der Waals surface area contributed by atoms with E-state index in [0.717, 1.165) is 9.91 Å². The molecule has 0 aliphatic carbocycles. The molecule has 2 rings (SSSR count). The van der Waals surface area contributed by atoms with Crippen molar-refractivity contribution >= 4 is 21.2 Å². The second-order valence-corrected chi connectivity index (χ2v) is 3.26. The van der Waals surface area contributed by atoms with E-state index in [2.05, 4.69) is 37.5 Å². The Balaban J connectivity index is 2.55. The number of benzene rings is 1. The minimum atomic E-state index is 0.631. The molecule has 1 N–H and O–H groups in total. The van der Waals surface area contributed by atoms with Crippen molar-refractivity contribution in [3.8, 4) is 11.4 Å². The van der Waals surface area contributed by atoms with Gasteiger partial charge in [0.15, 0.2) is 0 Å². The summed E-state index contributed by atoms with van der Waals surface area (Å²) in [5, 5.41) is 13.7. The van der Waals surface area contributed by atoms with Gasteiger partial charge in [-0.15, -0.1) is 0 Å². The van der Waals surface area contributed by atoms with Crippen LogP contribution in [0.15, 0.2) is 24.3 Å². The van der Waals surface area contributed by atoms with Crippen molar-refractivity contribution in [2.75, 3.05) is 0 Å². The first kappa shape index (κ1) is 7.50. The number of H-pyrrole nitrogens is 1. The van der Waals surface area contributed by atoms with E-state index >= 15 is 0 Å². The Bertz CT molecular complexity index is 371. The molecule has 12 heavy (non-hydrogen) atoms. The monoisotopic (exact) mass is 220 g/mol. The van der Waals surface area contributed by atoms with E-state index < -0.39 is 0 Å². The van der Waals surface area contributed by atoms with Crippen molar-refractivity contribution in [2.45, 2.75) is 0 Å². The first-order valence-corrected chi connectivity index (χ1v) is 4.33. The first-order valence-electron chi connectivity index (χ1n) is 3.40. The summed E-state index contributed by atoms with van der Waals surface area (Å²) in [6.45, 7) is 0. The van der Waals surface area contributed by atoms with Gasteiger partial charge in [-0.2, -0.15) is 0 Å². The van der Waals surface area contributed by atoms with Gasteiger partial charge in [0, 0.05) is 0 Å². The molecular formula is C7H5AsN4. The molecule has 2 aromatic rings. The minimum absolute atomic E-state index is 0.631. The van der Waals surface area contributed by atoms with Gasteiger partial charge in [0.1, 0.15) is 0 Å². The summed E-state index contributed by atoms with van der Waals surface area (Å²) >= 11 is 2.48. The van der Waals surface area contributed by atoms with E-state index in [0.29, 0.717) is 5.82 Å². The first-order chi connectivity index (χ1) is 5.88. The molecule has 1 aromatic carbocycles. The molecule has 1 heterocycles. The van der Waals surface area contributed by atoms with Crippen LogP contribution in [-0.4, -0.2) is 37.5 Å². The molecule has 0 bridgehead atoms. The van der Waals surface area contributed by atoms with Crippen LogP contribution in [0.2, 0.25) is 0 Å². The number of nitrogens with zero attached hydrogens (tertiary/aromatic N) is 3. The van der Waals surface area contributed by atoms with E-state index in [1.54, 1.807) is 0 Å². The van der Waals surface area contributed by atoms with E-state index in [1.165, 1.54) is 0 Å². The molecule has 2 radical (unpaired) electrons. The normalized spacial score (nSPS) is 10.1. The summed E-state index contributed by atoms with van der Waals surface area (Å²) in [6, 6.07) is 7.86. The standard InChI is InChI=1S/C7H5AsN4/c8-6-4-2-1-3-5(6)7-9-11-12-10-7/h1-4H,(H,9,10,11,12). The number of hydrogen-bond acceptors (Lipinski definition) is 3. The maximum absolute atomic E-state index is 3.89. The zero-order valence-corrected chi connectivity index (χ0v) is 7.97. The molecule has 0 aliphatic heterocycles. The van der Waals surface area contributed by atoms with Crippen LogP contribution in [0.4, 0.5) is 0 Å². The second-order valence-electron chi connectivity index (χ2n) is 2.25. The fourth-order valence-electron chi connectivity index (χ4n) is 0.939. The summed E-state index contributed by atoms with van der Waals surface area (Å²) in [7, 11) is 0. The van der Waals surface area contributed by atoms with Gasteiger partial charge in [0.2, 0.25) is 0 Å². The van der Waals surface area contributed by atoms with Crippen LogP contribution in [0.5, 0.6) is 0 Å². The van der Waals surface area contributed by atoms with E-state index in [9.17, 15) is 0 Å². The van der Waals surface area contributed by atoms with Crippen LogP contribution in [-0.2, 0) is 0 Å². The van der Waals surface area contributed by atoms with Crippen molar-refractivity contribution < 1.29 is 0 Å². The summed E-state index contributed by atoms with van der Waals surface area (Å²) < 4.78 is 1.09. The van der Waals surface area contributed by atoms with Gasteiger partial charge in [-0.3, -0.25) is 0 Å². The molecular weight excluding hydrogens is 215 g/mol. The third kappa shape index (κ3) is 1.25. The van der Waals surface area contributed by atoms with Crippen molar-refractivity contribution in [3.05, 3.63) is 24.3 Å². The molecule has 0 aliphatic rings. The Kier molecular flexibility index (Phi) is 1.92. The van der Waals surface area contributed by atoms with Crippen molar-refractivity contribution in [2.24, 2.45) is 0 Å². The van der Waals surface area contributed by atoms with E-state index in [-0.39, 0.29) is 0 Å². The summed E-state index contributed by atoms with van der Waals surface area (Å²) in [5.41, 5.74) is 0.992. The van der Waals surface area contributed by atoms with E-state index in [1.807, 2.05) is 24.3 Å². The van der Waals surface area contributed by atoms with Crippen molar-refractivity contribution in [1.82, 2.24) is 20.6 Å². The molecule has 0 saturated heterocycles. The van der Waals surface area contributed by atoms with Crippen LogP contribution in [0.25, 0.3) is 11.4 Å². The van der Waals surface area contributed by atoms with Gasteiger partial charge in [-0.1, -0.05) is 0 Å². The predicted molar refractivity (Wildman–Crippen MR) is 45.0 cm³/mol. The third-order valence-electron chi connectivity index (χ3n) is 1.49. The Labute approximate surface area is 77.9 Å². The molecule has 0 fully saturated rings.